The molecule has 0 spiro atoms. The van der Waals surface area contributed by atoms with Gasteiger partial charge in [0.15, 0.2) is 0 Å². The first-order chi connectivity index (χ1) is 12.0. The molecular formula is C18H24N4O3. The number of nitrogens with zero attached hydrogens (tertiary/aromatic N) is 4. The molecule has 1 saturated heterocycles. The minimum Gasteiger partial charge on any atom is -0.378 e. The maximum atomic E-state index is 12.7. The van der Waals surface area contributed by atoms with Gasteiger partial charge in [-0.1, -0.05) is 12.1 Å². The summed E-state index contributed by atoms with van der Waals surface area (Å²) in [6, 6.07) is 5.74. The standard InChI is InChI=1S/C18H24N4O3/c1-5-13-9-16(25-20-13)18(23)22-6-7-24-17(11-22)15-10-14(21(3)4)8-12(2)19-15/h8-10,17H,5-7,11H2,1-4H3/t17-/m1/s1. The molecule has 1 amide bonds. The van der Waals surface area contributed by atoms with Crippen molar-refractivity contribution in [2.24, 2.45) is 0 Å². The molecule has 0 bridgehead atoms. The molecular weight excluding hydrogens is 320 g/mol. The van der Waals surface area contributed by atoms with Gasteiger partial charge in [0.25, 0.3) is 5.91 Å². The molecule has 0 aromatic carbocycles. The summed E-state index contributed by atoms with van der Waals surface area (Å²) < 4.78 is 11.1. The van der Waals surface area contributed by atoms with Gasteiger partial charge in [0, 0.05) is 38.1 Å². The Morgan fingerprint density at radius 1 is 1.36 bits per heavy atom. The lowest BCUT2D eigenvalue weighted by Crippen LogP contribution is -2.42. The molecule has 7 heteroatoms. The number of morpholine rings is 1. The highest BCUT2D eigenvalue weighted by Gasteiger charge is 2.29. The van der Waals surface area contributed by atoms with Gasteiger partial charge in [0.1, 0.15) is 6.10 Å². The number of rotatable bonds is 4. The molecule has 2 aromatic heterocycles. The van der Waals surface area contributed by atoms with E-state index in [1.165, 1.54) is 0 Å². The third-order valence-electron chi connectivity index (χ3n) is 4.29. The Hall–Kier alpha value is -2.41. The van der Waals surface area contributed by atoms with Crippen LogP contribution in [0.1, 0.15) is 40.7 Å². The van der Waals surface area contributed by atoms with Gasteiger partial charge in [0.2, 0.25) is 5.76 Å². The second kappa shape index (κ2) is 7.23. The molecule has 1 fully saturated rings. The molecule has 1 atom stereocenters. The van der Waals surface area contributed by atoms with Crippen LogP contribution in [-0.2, 0) is 11.2 Å². The van der Waals surface area contributed by atoms with E-state index in [1.54, 1.807) is 11.0 Å². The summed E-state index contributed by atoms with van der Waals surface area (Å²) in [7, 11) is 3.98. The second-order valence-corrected chi connectivity index (χ2v) is 6.43. The van der Waals surface area contributed by atoms with Crippen molar-refractivity contribution in [1.82, 2.24) is 15.0 Å². The van der Waals surface area contributed by atoms with E-state index in [1.807, 2.05) is 45.0 Å². The number of pyridine rings is 1. The number of anilines is 1. The summed E-state index contributed by atoms with van der Waals surface area (Å²) in [5.41, 5.74) is 3.62. The van der Waals surface area contributed by atoms with Gasteiger partial charge >= 0.3 is 0 Å². The molecule has 7 nitrogen and oxygen atoms in total. The minimum atomic E-state index is -0.245. The van der Waals surface area contributed by atoms with Crippen LogP contribution in [0.15, 0.2) is 22.7 Å². The minimum absolute atomic E-state index is 0.152. The smallest absolute Gasteiger partial charge is 0.292 e. The van der Waals surface area contributed by atoms with E-state index in [0.717, 1.165) is 29.2 Å². The molecule has 134 valence electrons. The lowest BCUT2D eigenvalue weighted by Gasteiger charge is -2.32. The first-order valence-electron chi connectivity index (χ1n) is 8.50. The van der Waals surface area contributed by atoms with Gasteiger partial charge in [-0.2, -0.15) is 0 Å². The van der Waals surface area contributed by atoms with E-state index in [-0.39, 0.29) is 17.8 Å². The van der Waals surface area contributed by atoms with Crippen LogP contribution in [0, 0.1) is 6.92 Å². The summed E-state index contributed by atoms with van der Waals surface area (Å²) in [4.78, 5) is 21.0. The summed E-state index contributed by atoms with van der Waals surface area (Å²) in [6.07, 6.45) is 0.494. The van der Waals surface area contributed by atoms with Crippen LogP contribution in [0.4, 0.5) is 5.69 Å². The van der Waals surface area contributed by atoms with Crippen molar-refractivity contribution >= 4 is 11.6 Å². The molecule has 0 aliphatic carbocycles. The van der Waals surface area contributed by atoms with Gasteiger partial charge in [-0.3, -0.25) is 9.78 Å². The molecule has 25 heavy (non-hydrogen) atoms. The number of hydrogen-bond donors (Lipinski definition) is 0. The highest BCUT2D eigenvalue weighted by Crippen LogP contribution is 2.25. The van der Waals surface area contributed by atoms with Crippen molar-refractivity contribution in [3.05, 3.63) is 41.0 Å². The zero-order chi connectivity index (χ0) is 18.0. The highest BCUT2D eigenvalue weighted by molar-refractivity contribution is 5.91. The molecule has 0 unspecified atom stereocenters. The Bertz CT molecular complexity index is 757. The van der Waals surface area contributed by atoms with Crippen LogP contribution in [-0.4, -0.2) is 54.7 Å². The van der Waals surface area contributed by atoms with Gasteiger partial charge in [-0.05, 0) is 25.5 Å². The maximum absolute atomic E-state index is 12.7. The maximum Gasteiger partial charge on any atom is 0.292 e. The number of aryl methyl sites for hydroxylation is 2. The van der Waals surface area contributed by atoms with Crippen LogP contribution in [0.25, 0.3) is 0 Å². The Labute approximate surface area is 147 Å². The zero-order valence-corrected chi connectivity index (χ0v) is 15.2. The summed E-state index contributed by atoms with van der Waals surface area (Å²) >= 11 is 0. The van der Waals surface area contributed by atoms with E-state index in [9.17, 15) is 4.79 Å². The first kappa shape index (κ1) is 17.4. The average molecular weight is 344 g/mol. The molecule has 0 radical (unpaired) electrons. The van der Waals surface area contributed by atoms with E-state index >= 15 is 0 Å². The van der Waals surface area contributed by atoms with Gasteiger partial charge in [-0.25, -0.2) is 0 Å². The number of hydrogen-bond acceptors (Lipinski definition) is 6. The van der Waals surface area contributed by atoms with Crippen molar-refractivity contribution in [1.29, 1.82) is 0 Å². The van der Waals surface area contributed by atoms with Crippen molar-refractivity contribution < 1.29 is 14.1 Å². The van der Waals surface area contributed by atoms with Crippen LogP contribution in [0.2, 0.25) is 0 Å². The monoisotopic (exact) mass is 344 g/mol. The molecule has 0 N–H and O–H groups in total. The molecule has 3 heterocycles. The Morgan fingerprint density at radius 3 is 2.84 bits per heavy atom. The van der Waals surface area contributed by atoms with Crippen LogP contribution in [0.3, 0.4) is 0 Å². The predicted octanol–water partition coefficient (Wildman–Crippen LogP) is 2.22. The summed E-state index contributed by atoms with van der Waals surface area (Å²) in [5.74, 6) is 0.129. The Balaban J connectivity index is 1.78. The lowest BCUT2D eigenvalue weighted by molar-refractivity contribution is -0.0259. The van der Waals surface area contributed by atoms with Crippen LogP contribution < -0.4 is 4.90 Å². The molecule has 1 aliphatic heterocycles. The largest absolute Gasteiger partial charge is 0.378 e. The second-order valence-electron chi connectivity index (χ2n) is 6.43. The molecule has 1 aliphatic rings. The predicted molar refractivity (Wildman–Crippen MR) is 93.8 cm³/mol. The fourth-order valence-corrected chi connectivity index (χ4v) is 2.85. The number of aromatic nitrogens is 2. The van der Waals surface area contributed by atoms with Crippen molar-refractivity contribution in [3.63, 3.8) is 0 Å². The van der Waals surface area contributed by atoms with Crippen molar-refractivity contribution in [2.75, 3.05) is 38.7 Å². The van der Waals surface area contributed by atoms with E-state index in [4.69, 9.17) is 9.26 Å². The summed E-state index contributed by atoms with van der Waals surface area (Å²) in [5, 5.41) is 3.90. The van der Waals surface area contributed by atoms with Crippen molar-refractivity contribution in [2.45, 2.75) is 26.4 Å². The van der Waals surface area contributed by atoms with E-state index < -0.39 is 0 Å². The number of carbonyl (C=O) groups excluding carboxylic acids is 1. The normalized spacial score (nSPS) is 17.6. The zero-order valence-electron chi connectivity index (χ0n) is 15.2. The molecule has 0 saturated carbocycles. The molecule has 3 rings (SSSR count). The third-order valence-corrected chi connectivity index (χ3v) is 4.29. The Morgan fingerprint density at radius 2 is 2.16 bits per heavy atom. The third kappa shape index (κ3) is 3.82. The Kier molecular flexibility index (Phi) is 5.03. The van der Waals surface area contributed by atoms with Crippen LogP contribution in [0.5, 0.6) is 0 Å². The fourth-order valence-electron chi connectivity index (χ4n) is 2.85. The first-order valence-corrected chi connectivity index (χ1v) is 8.50. The quantitative estimate of drug-likeness (QED) is 0.847. The fraction of sp³-hybridized carbons (Fsp3) is 0.500. The summed E-state index contributed by atoms with van der Waals surface area (Å²) in [6.45, 7) is 5.39. The SMILES string of the molecule is CCc1cc(C(=O)N2CCO[C@@H](c3cc(N(C)C)cc(C)n3)C2)on1. The number of amides is 1. The lowest BCUT2D eigenvalue weighted by atomic mass is 10.1. The highest BCUT2D eigenvalue weighted by atomic mass is 16.5. The molecule has 2 aromatic rings. The average Bonchev–Trinajstić information content (AvgIpc) is 3.10. The topological polar surface area (TPSA) is 71.7 Å². The van der Waals surface area contributed by atoms with Crippen LogP contribution >= 0.6 is 0 Å². The van der Waals surface area contributed by atoms with Gasteiger partial charge in [0.05, 0.1) is 24.5 Å². The van der Waals surface area contributed by atoms with Gasteiger partial charge in [-0.15, -0.1) is 0 Å². The van der Waals surface area contributed by atoms with E-state index in [2.05, 4.69) is 10.1 Å². The number of ether oxygens (including phenoxy) is 1. The van der Waals surface area contributed by atoms with Gasteiger partial charge < -0.3 is 19.1 Å². The van der Waals surface area contributed by atoms with E-state index in [0.29, 0.717) is 19.7 Å². The number of carbonyl (C=O) groups is 1. The van der Waals surface area contributed by atoms with Crippen molar-refractivity contribution in [3.8, 4) is 0 Å².